The van der Waals surface area contributed by atoms with Crippen molar-refractivity contribution in [2.24, 2.45) is 0 Å². The average Bonchev–Trinajstić information content (AvgIpc) is 3.08. The molecule has 0 aliphatic carbocycles. The van der Waals surface area contributed by atoms with Crippen LogP contribution in [-0.2, 0) is 0 Å². The van der Waals surface area contributed by atoms with Crippen LogP contribution in [-0.4, -0.2) is 49.8 Å². The summed E-state index contributed by atoms with van der Waals surface area (Å²) in [7, 11) is 0. The van der Waals surface area contributed by atoms with Crippen molar-refractivity contribution in [3.63, 3.8) is 0 Å². The van der Waals surface area contributed by atoms with Crippen LogP contribution < -0.4 is 0 Å². The molecule has 0 atom stereocenters. The first-order chi connectivity index (χ1) is 22.4. The number of aryl methyl sites for hydroxylation is 4. The second kappa shape index (κ2) is 12.1. The zero-order valence-electron chi connectivity index (χ0n) is 25.7. The summed E-state index contributed by atoms with van der Waals surface area (Å²) in [5.74, 6) is 5.46. The normalized spacial score (nSPS) is 11.0. The molecule has 0 saturated carbocycles. The molecule has 4 heterocycles. The number of aromatic nitrogens is 10. The minimum absolute atomic E-state index is 0.523. The Bertz CT molecular complexity index is 2160. The molecule has 46 heavy (non-hydrogen) atoms. The van der Waals surface area contributed by atoms with Gasteiger partial charge in [-0.1, -0.05) is 54.6 Å². The molecule has 222 valence electrons. The molecule has 0 amide bonds. The molecule has 7 rings (SSSR count). The van der Waals surface area contributed by atoms with Crippen molar-refractivity contribution in [1.29, 1.82) is 0 Å². The van der Waals surface area contributed by atoms with Crippen LogP contribution in [0.1, 0.15) is 23.3 Å². The van der Waals surface area contributed by atoms with Crippen molar-refractivity contribution in [3.8, 4) is 68.1 Å². The van der Waals surface area contributed by atoms with Crippen LogP contribution in [0.4, 0.5) is 0 Å². The van der Waals surface area contributed by atoms with Gasteiger partial charge in [0, 0.05) is 40.2 Å². The second-order valence-electron chi connectivity index (χ2n) is 10.8. The average molecular weight is 601 g/mol. The fourth-order valence-corrected chi connectivity index (χ4v) is 5.28. The van der Waals surface area contributed by atoms with Gasteiger partial charge in [0.2, 0.25) is 0 Å². The molecule has 0 spiro atoms. The number of pyridine rings is 1. The summed E-state index contributed by atoms with van der Waals surface area (Å²) in [6, 6.07) is 27.9. The lowest BCUT2D eigenvalue weighted by atomic mass is 9.96. The van der Waals surface area contributed by atoms with E-state index in [1.807, 2.05) is 94.4 Å². The number of rotatable bonds is 6. The molecule has 0 radical (unpaired) electrons. The molecule has 0 bridgehead atoms. The zero-order valence-corrected chi connectivity index (χ0v) is 25.7. The quantitative estimate of drug-likeness (QED) is 0.199. The van der Waals surface area contributed by atoms with E-state index in [9.17, 15) is 0 Å². The number of hydrogen-bond acceptors (Lipinski definition) is 10. The van der Waals surface area contributed by atoms with E-state index in [1.54, 1.807) is 12.4 Å². The minimum Gasteiger partial charge on any atom is -0.265 e. The molecule has 10 nitrogen and oxygen atoms in total. The molecule has 10 heteroatoms. The molecule has 3 aromatic carbocycles. The number of nitrogens with zero attached hydrogens (tertiary/aromatic N) is 10. The third-order valence-electron chi connectivity index (χ3n) is 7.27. The highest BCUT2D eigenvalue weighted by molar-refractivity contribution is 5.84. The smallest absolute Gasteiger partial charge is 0.164 e. The monoisotopic (exact) mass is 600 g/mol. The van der Waals surface area contributed by atoms with E-state index in [-0.39, 0.29) is 0 Å². The summed E-state index contributed by atoms with van der Waals surface area (Å²) >= 11 is 0. The third-order valence-corrected chi connectivity index (χ3v) is 7.27. The van der Waals surface area contributed by atoms with E-state index in [1.165, 1.54) is 0 Å². The maximum atomic E-state index is 5.00. The lowest BCUT2D eigenvalue weighted by molar-refractivity contribution is 0.928. The minimum atomic E-state index is 0.523. The Morgan fingerprint density at radius 1 is 0.326 bits per heavy atom. The van der Waals surface area contributed by atoms with Gasteiger partial charge < -0.3 is 0 Å². The Labute approximate surface area is 265 Å². The van der Waals surface area contributed by atoms with Crippen LogP contribution in [0.2, 0.25) is 0 Å². The van der Waals surface area contributed by atoms with Crippen LogP contribution in [0.25, 0.3) is 68.1 Å². The van der Waals surface area contributed by atoms with Gasteiger partial charge in [-0.05, 0) is 69.2 Å². The molecule has 0 aliphatic rings. The van der Waals surface area contributed by atoms with Gasteiger partial charge in [0.1, 0.15) is 23.3 Å². The SMILES string of the molecule is Cc1nc(C)nc(-c2cccc(-c3nc(-c4ccncc4)nc(-c4ccc(-c5nc(C)nc(C)n5)c(-c5ccccc5)c4)n3)c2)n1. The topological polar surface area (TPSA) is 129 Å². The first-order valence-electron chi connectivity index (χ1n) is 14.8. The third kappa shape index (κ3) is 5.96. The fraction of sp³-hybridized carbons (Fsp3) is 0.111. The summed E-state index contributed by atoms with van der Waals surface area (Å²) in [6.07, 6.45) is 3.46. The Kier molecular flexibility index (Phi) is 7.51. The second-order valence-corrected chi connectivity index (χ2v) is 10.8. The van der Waals surface area contributed by atoms with Crippen molar-refractivity contribution in [3.05, 3.63) is 121 Å². The standard InChI is InChI=1S/C36H28N10/c1-21-38-22(2)41-33(40-21)27-11-8-12-28(19-27)34-44-32(26-15-17-37-18-16-26)45-35(46-34)29-13-14-30(36-42-23(3)39-24(4)43-36)31(20-29)25-9-6-5-7-10-25/h5-20H,1-4H3. The molecule has 4 aromatic heterocycles. The maximum Gasteiger partial charge on any atom is 0.164 e. The molecule has 0 fully saturated rings. The summed E-state index contributed by atoms with van der Waals surface area (Å²) in [5, 5.41) is 0. The lowest BCUT2D eigenvalue weighted by Crippen LogP contribution is -2.02. The highest BCUT2D eigenvalue weighted by atomic mass is 15.0. The molecular weight excluding hydrogens is 572 g/mol. The highest BCUT2D eigenvalue weighted by Crippen LogP contribution is 2.35. The van der Waals surface area contributed by atoms with E-state index in [0.717, 1.165) is 38.9 Å². The van der Waals surface area contributed by atoms with Crippen molar-refractivity contribution in [2.75, 3.05) is 0 Å². The molecule has 7 aromatic rings. The van der Waals surface area contributed by atoms with E-state index in [2.05, 4.69) is 53.1 Å². The summed E-state index contributed by atoms with van der Waals surface area (Å²) in [5.41, 5.74) is 6.18. The Hall–Kier alpha value is -6.16. The first-order valence-corrected chi connectivity index (χ1v) is 14.8. The van der Waals surface area contributed by atoms with E-state index in [0.29, 0.717) is 52.4 Å². The van der Waals surface area contributed by atoms with Crippen molar-refractivity contribution in [1.82, 2.24) is 49.8 Å². The molecular formula is C36H28N10. The van der Waals surface area contributed by atoms with Crippen LogP contribution in [0.15, 0.2) is 97.3 Å². The van der Waals surface area contributed by atoms with Crippen LogP contribution >= 0.6 is 0 Å². The van der Waals surface area contributed by atoms with Gasteiger partial charge in [0.05, 0.1) is 0 Å². The summed E-state index contributed by atoms with van der Waals surface area (Å²) in [6.45, 7) is 7.47. The number of benzene rings is 3. The fourth-order valence-electron chi connectivity index (χ4n) is 5.28. The Morgan fingerprint density at radius 2 is 0.804 bits per heavy atom. The molecule has 0 saturated heterocycles. The van der Waals surface area contributed by atoms with Crippen LogP contribution in [0.5, 0.6) is 0 Å². The van der Waals surface area contributed by atoms with Crippen molar-refractivity contribution < 1.29 is 0 Å². The van der Waals surface area contributed by atoms with Gasteiger partial charge in [-0.25, -0.2) is 44.9 Å². The largest absolute Gasteiger partial charge is 0.265 e. The van der Waals surface area contributed by atoms with E-state index in [4.69, 9.17) is 15.0 Å². The van der Waals surface area contributed by atoms with Gasteiger partial charge in [0.15, 0.2) is 29.1 Å². The summed E-state index contributed by atoms with van der Waals surface area (Å²) < 4.78 is 0. The van der Waals surface area contributed by atoms with E-state index < -0.39 is 0 Å². The van der Waals surface area contributed by atoms with Crippen molar-refractivity contribution in [2.45, 2.75) is 27.7 Å². The van der Waals surface area contributed by atoms with Crippen molar-refractivity contribution >= 4 is 0 Å². The predicted octanol–water partition coefficient (Wildman–Crippen LogP) is 6.87. The van der Waals surface area contributed by atoms with Crippen LogP contribution in [0, 0.1) is 27.7 Å². The maximum absolute atomic E-state index is 5.00. The molecule has 0 unspecified atom stereocenters. The predicted molar refractivity (Wildman–Crippen MR) is 176 cm³/mol. The summed E-state index contributed by atoms with van der Waals surface area (Å²) in [4.78, 5) is 46.2. The van der Waals surface area contributed by atoms with Crippen LogP contribution in [0.3, 0.4) is 0 Å². The lowest BCUT2D eigenvalue weighted by Gasteiger charge is -2.13. The zero-order chi connectivity index (χ0) is 31.6. The highest BCUT2D eigenvalue weighted by Gasteiger charge is 2.17. The van der Waals surface area contributed by atoms with Gasteiger partial charge in [-0.15, -0.1) is 0 Å². The van der Waals surface area contributed by atoms with Gasteiger partial charge in [-0.3, -0.25) is 4.98 Å². The van der Waals surface area contributed by atoms with Gasteiger partial charge in [-0.2, -0.15) is 0 Å². The molecule has 0 aliphatic heterocycles. The molecule has 0 N–H and O–H groups in total. The van der Waals surface area contributed by atoms with Gasteiger partial charge >= 0.3 is 0 Å². The Morgan fingerprint density at radius 3 is 1.39 bits per heavy atom. The Balaban J connectivity index is 1.41. The van der Waals surface area contributed by atoms with E-state index >= 15 is 0 Å². The number of hydrogen-bond donors (Lipinski definition) is 0. The first kappa shape index (κ1) is 28.6. The van der Waals surface area contributed by atoms with Gasteiger partial charge in [0.25, 0.3) is 0 Å².